The zero-order chi connectivity index (χ0) is 21.0. The minimum atomic E-state index is -1.08. The van der Waals surface area contributed by atoms with Gasteiger partial charge in [0.15, 0.2) is 0 Å². The van der Waals surface area contributed by atoms with Crippen molar-refractivity contribution >= 4 is 11.9 Å². The average molecular weight is 397 g/mol. The molecule has 1 aromatic heterocycles. The van der Waals surface area contributed by atoms with E-state index in [0.29, 0.717) is 18.7 Å². The molecule has 1 aliphatic heterocycles. The van der Waals surface area contributed by atoms with Crippen LogP contribution in [0.4, 0.5) is 0 Å². The summed E-state index contributed by atoms with van der Waals surface area (Å²) in [5.41, 5.74) is 0.709. The minimum absolute atomic E-state index is 0.155. The van der Waals surface area contributed by atoms with E-state index in [1.54, 1.807) is 26.6 Å². The monoisotopic (exact) mass is 397 g/mol. The summed E-state index contributed by atoms with van der Waals surface area (Å²) >= 11 is 0. The molecule has 2 aromatic rings. The molecule has 3 rings (SSSR count). The zero-order valence-electron chi connectivity index (χ0n) is 17.0. The highest BCUT2D eigenvalue weighted by molar-refractivity contribution is 5.85. The molecule has 154 valence electrons. The number of hydrogen-bond donors (Lipinski definition) is 2. The van der Waals surface area contributed by atoms with E-state index in [2.05, 4.69) is 10.3 Å². The molecule has 1 aliphatic rings. The van der Waals surface area contributed by atoms with E-state index in [1.807, 2.05) is 48.2 Å². The summed E-state index contributed by atoms with van der Waals surface area (Å²) in [6.45, 7) is 2.21. The van der Waals surface area contributed by atoms with E-state index in [0.717, 1.165) is 11.1 Å². The summed E-state index contributed by atoms with van der Waals surface area (Å²) in [6, 6.07) is 10.8. The van der Waals surface area contributed by atoms with E-state index in [-0.39, 0.29) is 18.4 Å². The van der Waals surface area contributed by atoms with Crippen molar-refractivity contribution in [2.75, 3.05) is 14.2 Å². The third-order valence-electron chi connectivity index (χ3n) is 6.00. The zero-order valence-corrected chi connectivity index (χ0v) is 17.0. The second-order valence-corrected chi connectivity index (χ2v) is 7.41. The van der Waals surface area contributed by atoms with Gasteiger partial charge in [-0.1, -0.05) is 25.1 Å². The highest BCUT2D eigenvalue weighted by Gasteiger charge is 2.56. The Morgan fingerprint density at radius 2 is 2.03 bits per heavy atom. The predicted octanol–water partition coefficient (Wildman–Crippen LogP) is 2.63. The number of nitrogens with zero attached hydrogens (tertiary/aromatic N) is 2. The smallest absolute Gasteiger partial charge is 0.324 e. The number of carboxylic acids is 1. The molecule has 2 heterocycles. The van der Waals surface area contributed by atoms with Gasteiger partial charge in [0.05, 0.1) is 13.0 Å². The molecular weight excluding hydrogens is 370 g/mol. The molecule has 1 aromatic carbocycles. The van der Waals surface area contributed by atoms with Gasteiger partial charge in [-0.3, -0.25) is 19.5 Å². The summed E-state index contributed by atoms with van der Waals surface area (Å²) in [5.74, 6) is -0.824. The van der Waals surface area contributed by atoms with Crippen LogP contribution in [0.1, 0.15) is 36.9 Å². The molecule has 1 amide bonds. The lowest BCUT2D eigenvalue weighted by Gasteiger charge is -2.34. The quantitative estimate of drug-likeness (QED) is 0.746. The van der Waals surface area contributed by atoms with E-state index < -0.39 is 17.4 Å². The Kier molecular flexibility index (Phi) is 6.17. The van der Waals surface area contributed by atoms with Crippen LogP contribution in [0, 0.1) is 5.92 Å². The topological polar surface area (TPSA) is 91.8 Å². The summed E-state index contributed by atoms with van der Waals surface area (Å²) in [7, 11) is 3.39. The normalized spacial score (nSPS) is 24.2. The van der Waals surface area contributed by atoms with Crippen molar-refractivity contribution in [1.29, 1.82) is 0 Å². The Bertz CT molecular complexity index is 856. The SMILES string of the molecule is CC[C@@]1(C(=O)O)C[C@H](C(=O)NCc2cccnc2)[C@H](c2ccc(OC)cc2)N1C. The number of aromatic nitrogens is 1. The van der Waals surface area contributed by atoms with Gasteiger partial charge in [-0.2, -0.15) is 0 Å². The van der Waals surface area contributed by atoms with Crippen molar-refractivity contribution in [3.63, 3.8) is 0 Å². The predicted molar refractivity (Wildman–Crippen MR) is 108 cm³/mol. The average Bonchev–Trinajstić information content (AvgIpc) is 3.06. The maximum atomic E-state index is 13.1. The highest BCUT2D eigenvalue weighted by Crippen LogP contribution is 2.47. The number of carbonyl (C=O) groups excluding carboxylic acids is 1. The van der Waals surface area contributed by atoms with Crippen LogP contribution in [-0.2, 0) is 16.1 Å². The van der Waals surface area contributed by atoms with Gasteiger partial charge in [-0.25, -0.2) is 0 Å². The Morgan fingerprint density at radius 3 is 2.59 bits per heavy atom. The Morgan fingerprint density at radius 1 is 1.31 bits per heavy atom. The lowest BCUT2D eigenvalue weighted by atomic mass is 9.87. The van der Waals surface area contributed by atoms with E-state index in [9.17, 15) is 14.7 Å². The molecule has 29 heavy (non-hydrogen) atoms. The number of carboxylic acid groups (broad SMARTS) is 1. The summed E-state index contributed by atoms with van der Waals surface area (Å²) in [5, 5.41) is 12.9. The van der Waals surface area contributed by atoms with Gasteiger partial charge in [-0.15, -0.1) is 0 Å². The number of likely N-dealkylation sites (tertiary alicyclic amines) is 1. The number of carbonyl (C=O) groups is 2. The van der Waals surface area contributed by atoms with Crippen LogP contribution in [0.5, 0.6) is 5.75 Å². The first-order chi connectivity index (χ1) is 13.9. The van der Waals surface area contributed by atoms with Crippen molar-refractivity contribution in [3.05, 3.63) is 59.9 Å². The first-order valence-electron chi connectivity index (χ1n) is 9.70. The number of pyridine rings is 1. The number of aliphatic carboxylic acids is 1. The summed E-state index contributed by atoms with van der Waals surface area (Å²) in [6.07, 6.45) is 4.05. The number of ether oxygens (including phenoxy) is 1. The van der Waals surface area contributed by atoms with Gasteiger partial charge in [0.2, 0.25) is 5.91 Å². The Labute approximate surface area is 170 Å². The van der Waals surface area contributed by atoms with Crippen LogP contribution in [0.15, 0.2) is 48.8 Å². The largest absolute Gasteiger partial charge is 0.497 e. The van der Waals surface area contributed by atoms with Crippen LogP contribution < -0.4 is 10.1 Å². The van der Waals surface area contributed by atoms with E-state index >= 15 is 0 Å². The molecule has 0 radical (unpaired) electrons. The number of nitrogens with one attached hydrogen (secondary N) is 1. The molecule has 0 saturated carbocycles. The van der Waals surface area contributed by atoms with Gasteiger partial charge in [0, 0.05) is 25.0 Å². The van der Waals surface area contributed by atoms with Crippen LogP contribution in [0.25, 0.3) is 0 Å². The van der Waals surface area contributed by atoms with Crippen molar-refractivity contribution in [1.82, 2.24) is 15.2 Å². The molecule has 1 fully saturated rings. The van der Waals surface area contributed by atoms with Crippen LogP contribution in [0.3, 0.4) is 0 Å². The van der Waals surface area contributed by atoms with Gasteiger partial charge < -0.3 is 15.2 Å². The molecule has 2 N–H and O–H groups in total. The third-order valence-corrected chi connectivity index (χ3v) is 6.00. The molecule has 7 heteroatoms. The number of hydrogen-bond acceptors (Lipinski definition) is 5. The number of amides is 1. The molecule has 0 spiro atoms. The molecule has 0 aliphatic carbocycles. The minimum Gasteiger partial charge on any atom is -0.497 e. The Hall–Kier alpha value is -2.93. The van der Waals surface area contributed by atoms with E-state index in [1.165, 1.54) is 0 Å². The maximum absolute atomic E-state index is 13.1. The fraction of sp³-hybridized carbons (Fsp3) is 0.409. The molecule has 0 unspecified atom stereocenters. The number of benzene rings is 1. The fourth-order valence-corrected chi connectivity index (χ4v) is 4.25. The lowest BCUT2D eigenvalue weighted by Crippen LogP contribution is -2.48. The molecular formula is C22H27N3O4. The summed E-state index contributed by atoms with van der Waals surface area (Å²) < 4.78 is 5.23. The summed E-state index contributed by atoms with van der Waals surface area (Å²) in [4.78, 5) is 31.2. The first kappa shape index (κ1) is 20.8. The second-order valence-electron chi connectivity index (χ2n) is 7.41. The van der Waals surface area contributed by atoms with Crippen LogP contribution in [-0.4, -0.2) is 46.6 Å². The highest BCUT2D eigenvalue weighted by atomic mass is 16.5. The standard InChI is InChI=1S/C22H27N3O4/c1-4-22(21(27)28)12-18(20(26)24-14-15-6-5-11-23-13-15)19(25(22)2)16-7-9-17(29-3)10-8-16/h5-11,13,18-19H,4,12,14H2,1-3H3,(H,24,26)(H,27,28)/t18-,19-,22-/m0/s1. The molecule has 0 bridgehead atoms. The first-order valence-corrected chi connectivity index (χ1v) is 9.70. The maximum Gasteiger partial charge on any atom is 0.324 e. The molecule has 1 saturated heterocycles. The number of likely N-dealkylation sites (N-methyl/N-ethyl adjacent to an activating group) is 1. The van der Waals surface area contributed by atoms with Crippen molar-refractivity contribution in [2.24, 2.45) is 5.92 Å². The second kappa shape index (κ2) is 8.61. The van der Waals surface area contributed by atoms with Gasteiger partial charge in [-0.05, 0) is 49.2 Å². The third kappa shape index (κ3) is 3.96. The molecule has 7 nitrogen and oxygen atoms in total. The van der Waals surface area contributed by atoms with Gasteiger partial charge >= 0.3 is 5.97 Å². The van der Waals surface area contributed by atoms with Crippen molar-refractivity contribution in [3.8, 4) is 5.75 Å². The lowest BCUT2D eigenvalue weighted by molar-refractivity contribution is -0.150. The van der Waals surface area contributed by atoms with Crippen LogP contribution >= 0.6 is 0 Å². The Balaban J connectivity index is 1.89. The van der Waals surface area contributed by atoms with E-state index in [4.69, 9.17) is 4.74 Å². The van der Waals surface area contributed by atoms with Gasteiger partial charge in [0.1, 0.15) is 11.3 Å². The van der Waals surface area contributed by atoms with Crippen molar-refractivity contribution in [2.45, 2.75) is 37.9 Å². The fourth-order valence-electron chi connectivity index (χ4n) is 4.25. The van der Waals surface area contributed by atoms with Crippen molar-refractivity contribution < 1.29 is 19.4 Å². The van der Waals surface area contributed by atoms with Gasteiger partial charge in [0.25, 0.3) is 0 Å². The number of methoxy groups -OCH3 is 1. The molecule has 3 atom stereocenters. The number of rotatable bonds is 7. The van der Waals surface area contributed by atoms with Crippen LogP contribution in [0.2, 0.25) is 0 Å².